The summed E-state index contributed by atoms with van der Waals surface area (Å²) in [5, 5.41) is 3.50. The van der Waals surface area contributed by atoms with Crippen LogP contribution in [0.4, 0.5) is 0 Å². The van der Waals surface area contributed by atoms with Gasteiger partial charge < -0.3 is 0 Å². The summed E-state index contributed by atoms with van der Waals surface area (Å²) in [6, 6.07) is 24.8. The zero-order chi connectivity index (χ0) is 15.2. The number of hydrogen-bond acceptors (Lipinski definition) is 2. The van der Waals surface area contributed by atoms with Crippen LogP contribution in [-0.2, 0) is 0 Å². The van der Waals surface area contributed by atoms with Gasteiger partial charge in [-0.05, 0) is 18.2 Å². The van der Waals surface area contributed by atoms with Crippen molar-refractivity contribution in [2.24, 2.45) is 0 Å². The molecule has 0 fully saturated rings. The Hall–Kier alpha value is -3.20. The number of para-hydroxylation sites is 3. The quantitative estimate of drug-likeness (QED) is 0.448. The van der Waals surface area contributed by atoms with Crippen molar-refractivity contribution in [2.75, 3.05) is 0 Å². The summed E-state index contributed by atoms with van der Waals surface area (Å²) in [5.41, 5.74) is 3.22. The van der Waals surface area contributed by atoms with Crippen molar-refractivity contribution >= 4 is 32.7 Å². The van der Waals surface area contributed by atoms with Crippen LogP contribution in [0.1, 0.15) is 0 Å². The van der Waals surface area contributed by atoms with Crippen molar-refractivity contribution in [3.05, 3.63) is 79.0 Å². The van der Waals surface area contributed by atoms with E-state index in [1.165, 1.54) is 10.8 Å². The normalized spacial score (nSPS) is 11.5. The highest BCUT2D eigenvalue weighted by molar-refractivity contribution is 6.08. The summed E-state index contributed by atoms with van der Waals surface area (Å²) >= 11 is 0. The molecule has 0 spiro atoms. The lowest BCUT2D eigenvalue weighted by atomic mass is 10.2. The molecule has 0 radical (unpaired) electrons. The lowest BCUT2D eigenvalue weighted by Gasteiger charge is -2.06. The van der Waals surface area contributed by atoms with E-state index in [0.29, 0.717) is 5.95 Å². The van der Waals surface area contributed by atoms with E-state index < -0.39 is 0 Å². The van der Waals surface area contributed by atoms with E-state index in [4.69, 9.17) is 4.98 Å². The number of nitrogens with zero attached hydrogens (tertiary/aromatic N) is 3. The molecule has 3 heteroatoms. The van der Waals surface area contributed by atoms with Crippen molar-refractivity contribution < 1.29 is 0 Å². The Morgan fingerprint density at radius 2 is 1.26 bits per heavy atom. The van der Waals surface area contributed by atoms with Gasteiger partial charge in [-0.2, -0.15) is 0 Å². The van der Waals surface area contributed by atoms with E-state index in [1.54, 1.807) is 0 Å². The van der Waals surface area contributed by atoms with Gasteiger partial charge in [0.05, 0.1) is 16.6 Å². The smallest absolute Gasteiger partial charge is 0.235 e. The summed E-state index contributed by atoms with van der Waals surface area (Å²) in [6.07, 6.45) is 1.89. The van der Waals surface area contributed by atoms with Crippen LogP contribution >= 0.6 is 0 Å². The van der Waals surface area contributed by atoms with Gasteiger partial charge in [0, 0.05) is 22.4 Å². The molecule has 0 unspecified atom stereocenters. The molecule has 0 bridgehead atoms. The molecular formula is C20H13N3. The monoisotopic (exact) mass is 295 g/mol. The fraction of sp³-hybridized carbons (Fsp3) is 0. The Morgan fingerprint density at radius 3 is 2.00 bits per heavy atom. The van der Waals surface area contributed by atoms with Gasteiger partial charge >= 0.3 is 0 Å². The van der Waals surface area contributed by atoms with Crippen molar-refractivity contribution in [1.82, 2.24) is 14.5 Å². The summed E-state index contributed by atoms with van der Waals surface area (Å²) in [4.78, 5) is 9.37. The third kappa shape index (κ3) is 1.77. The summed E-state index contributed by atoms with van der Waals surface area (Å²) in [5.74, 6) is 0.709. The fourth-order valence-electron chi connectivity index (χ4n) is 3.21. The Balaban J connectivity index is 1.93. The Bertz CT molecular complexity index is 1120. The van der Waals surface area contributed by atoms with Gasteiger partial charge in [0.2, 0.25) is 5.95 Å². The molecular weight excluding hydrogens is 282 g/mol. The van der Waals surface area contributed by atoms with Crippen molar-refractivity contribution in [2.45, 2.75) is 0 Å². The van der Waals surface area contributed by atoms with Gasteiger partial charge in [0.1, 0.15) is 0 Å². The maximum Gasteiger partial charge on any atom is 0.235 e. The molecule has 0 saturated heterocycles. The minimum Gasteiger partial charge on any atom is -0.278 e. The van der Waals surface area contributed by atoms with Gasteiger partial charge in [-0.25, -0.2) is 9.97 Å². The van der Waals surface area contributed by atoms with Gasteiger partial charge in [0.25, 0.3) is 0 Å². The summed E-state index contributed by atoms with van der Waals surface area (Å²) in [6.45, 7) is 0. The van der Waals surface area contributed by atoms with E-state index in [-0.39, 0.29) is 0 Å². The highest BCUT2D eigenvalue weighted by atomic mass is 15.2. The van der Waals surface area contributed by atoms with Gasteiger partial charge in [-0.15, -0.1) is 0 Å². The third-order valence-electron chi connectivity index (χ3n) is 4.26. The fourth-order valence-corrected chi connectivity index (χ4v) is 3.21. The van der Waals surface area contributed by atoms with Crippen LogP contribution < -0.4 is 0 Å². The molecule has 23 heavy (non-hydrogen) atoms. The molecule has 0 aliphatic rings. The van der Waals surface area contributed by atoms with E-state index >= 15 is 0 Å². The lowest BCUT2D eigenvalue weighted by Crippen LogP contribution is -2.00. The highest BCUT2D eigenvalue weighted by Crippen LogP contribution is 2.30. The second-order valence-electron chi connectivity index (χ2n) is 5.60. The van der Waals surface area contributed by atoms with Crippen molar-refractivity contribution in [1.29, 1.82) is 0 Å². The van der Waals surface area contributed by atoms with Crippen LogP contribution in [0.2, 0.25) is 0 Å². The van der Waals surface area contributed by atoms with Crippen LogP contribution in [0.3, 0.4) is 0 Å². The van der Waals surface area contributed by atoms with Gasteiger partial charge in [0.15, 0.2) is 0 Å². The molecule has 0 amide bonds. The van der Waals surface area contributed by atoms with Crippen molar-refractivity contribution in [3.63, 3.8) is 0 Å². The second-order valence-corrected chi connectivity index (χ2v) is 5.60. The van der Waals surface area contributed by atoms with Crippen molar-refractivity contribution in [3.8, 4) is 5.95 Å². The Labute approximate surface area is 132 Å². The highest BCUT2D eigenvalue weighted by Gasteiger charge is 2.13. The average molecular weight is 295 g/mol. The SMILES string of the molecule is c1ccc2nc(-n3c4ccccc4c4ccccc43)ncc2c1. The number of fused-ring (bicyclic) bond motifs is 4. The standard InChI is InChI=1S/C20H13N3/c1-4-10-17-14(7-1)13-21-20(22-17)23-18-11-5-2-8-15(18)16-9-3-6-12-19(16)23/h1-13H. The Morgan fingerprint density at radius 1 is 0.652 bits per heavy atom. The molecule has 3 nitrogen and oxygen atoms in total. The van der Waals surface area contributed by atoms with Gasteiger partial charge in [-0.1, -0.05) is 54.6 Å². The maximum absolute atomic E-state index is 4.77. The minimum absolute atomic E-state index is 0.709. The predicted octanol–water partition coefficient (Wildman–Crippen LogP) is 4.73. The lowest BCUT2D eigenvalue weighted by molar-refractivity contribution is 1.01. The number of rotatable bonds is 1. The first-order chi connectivity index (χ1) is 11.4. The third-order valence-corrected chi connectivity index (χ3v) is 4.26. The number of benzene rings is 3. The molecule has 3 aromatic carbocycles. The molecule has 0 N–H and O–H groups in total. The molecule has 0 aliphatic heterocycles. The first kappa shape index (κ1) is 12.4. The minimum atomic E-state index is 0.709. The first-order valence-electron chi connectivity index (χ1n) is 7.62. The van der Waals surface area contributed by atoms with Crippen LogP contribution in [0.15, 0.2) is 79.0 Å². The zero-order valence-corrected chi connectivity index (χ0v) is 12.3. The summed E-state index contributed by atoms with van der Waals surface area (Å²) < 4.78 is 2.14. The number of aromatic nitrogens is 3. The summed E-state index contributed by atoms with van der Waals surface area (Å²) in [7, 11) is 0. The first-order valence-corrected chi connectivity index (χ1v) is 7.62. The van der Waals surface area contributed by atoms with Gasteiger partial charge in [-0.3, -0.25) is 4.57 Å². The largest absolute Gasteiger partial charge is 0.278 e. The van der Waals surface area contributed by atoms with Crippen LogP contribution in [0.5, 0.6) is 0 Å². The molecule has 108 valence electrons. The van der Waals surface area contributed by atoms with E-state index in [1.807, 2.05) is 30.5 Å². The average Bonchev–Trinajstić information content (AvgIpc) is 2.96. The number of hydrogen-bond donors (Lipinski definition) is 0. The predicted molar refractivity (Wildman–Crippen MR) is 93.9 cm³/mol. The maximum atomic E-state index is 4.77. The van der Waals surface area contributed by atoms with Crippen LogP contribution in [0, 0.1) is 0 Å². The topological polar surface area (TPSA) is 30.7 Å². The Kier molecular flexibility index (Phi) is 2.50. The molecule has 2 heterocycles. The molecule has 5 rings (SSSR count). The van der Waals surface area contributed by atoms with Crippen LogP contribution in [0.25, 0.3) is 38.7 Å². The van der Waals surface area contributed by atoms with E-state index in [2.05, 4.69) is 58.1 Å². The zero-order valence-electron chi connectivity index (χ0n) is 12.3. The van der Waals surface area contributed by atoms with E-state index in [0.717, 1.165) is 21.9 Å². The molecule has 0 saturated carbocycles. The molecule has 2 aromatic heterocycles. The van der Waals surface area contributed by atoms with E-state index in [9.17, 15) is 0 Å². The molecule has 5 aromatic rings. The molecule has 0 aliphatic carbocycles. The second kappa shape index (κ2) is 4.65. The van der Waals surface area contributed by atoms with Crippen LogP contribution in [-0.4, -0.2) is 14.5 Å². The molecule has 0 atom stereocenters.